The molecule has 0 aromatic heterocycles. The van der Waals surface area contributed by atoms with Crippen LogP contribution in [0.3, 0.4) is 0 Å². The van der Waals surface area contributed by atoms with Gasteiger partial charge in [-0.15, -0.1) is 0 Å². The highest BCUT2D eigenvalue weighted by Crippen LogP contribution is 2.31. The molecule has 1 aromatic rings. The molecular formula is C14H18N2O4. The molecule has 1 fully saturated rings. The highest BCUT2D eigenvalue weighted by molar-refractivity contribution is 5.98. The van der Waals surface area contributed by atoms with Gasteiger partial charge >= 0.3 is 5.69 Å². The van der Waals surface area contributed by atoms with E-state index in [9.17, 15) is 20.0 Å². The zero-order chi connectivity index (χ0) is 14.7. The van der Waals surface area contributed by atoms with Crippen molar-refractivity contribution in [3.8, 4) is 5.75 Å². The molecule has 6 nitrogen and oxygen atoms in total. The molecule has 6 heteroatoms. The van der Waals surface area contributed by atoms with E-state index in [0.717, 1.165) is 19.3 Å². The van der Waals surface area contributed by atoms with Gasteiger partial charge < -0.3 is 10.0 Å². The Hall–Kier alpha value is -2.11. The molecule has 1 aromatic carbocycles. The van der Waals surface area contributed by atoms with Crippen LogP contribution in [0.2, 0.25) is 0 Å². The fourth-order valence-corrected chi connectivity index (χ4v) is 2.57. The molecule has 0 atom stereocenters. The minimum atomic E-state index is -0.685. The Bertz CT molecular complexity index is 522. The van der Waals surface area contributed by atoms with Gasteiger partial charge in [0.25, 0.3) is 5.91 Å². The van der Waals surface area contributed by atoms with E-state index < -0.39 is 16.4 Å². The molecular weight excluding hydrogens is 260 g/mol. The van der Waals surface area contributed by atoms with Crippen molar-refractivity contribution in [2.24, 2.45) is 5.92 Å². The Morgan fingerprint density at radius 1 is 1.45 bits per heavy atom. The van der Waals surface area contributed by atoms with Crippen LogP contribution in [0.5, 0.6) is 5.75 Å². The minimum Gasteiger partial charge on any atom is -0.502 e. The van der Waals surface area contributed by atoms with E-state index in [1.165, 1.54) is 18.2 Å². The van der Waals surface area contributed by atoms with Gasteiger partial charge in [0.1, 0.15) is 0 Å². The summed E-state index contributed by atoms with van der Waals surface area (Å²) in [5.41, 5.74) is -0.423. The van der Waals surface area contributed by atoms with Crippen molar-refractivity contribution < 1.29 is 14.8 Å². The quantitative estimate of drug-likeness (QED) is 0.680. The standard InChI is InChI=1S/C14H18N2O4/c1-2-10-6-8-15(9-7-10)14(18)11-4-3-5-12(13(11)17)16(19)20/h3-5,10,17H,2,6-9H2,1H3. The monoisotopic (exact) mass is 278 g/mol. The van der Waals surface area contributed by atoms with Crippen LogP contribution >= 0.6 is 0 Å². The van der Waals surface area contributed by atoms with Crippen molar-refractivity contribution in [1.29, 1.82) is 0 Å². The molecule has 1 N–H and O–H groups in total. The maximum Gasteiger partial charge on any atom is 0.311 e. The third-order valence-electron chi connectivity index (χ3n) is 3.92. The van der Waals surface area contributed by atoms with Gasteiger partial charge in [0.05, 0.1) is 10.5 Å². The van der Waals surface area contributed by atoms with Crippen molar-refractivity contribution in [3.63, 3.8) is 0 Å². The van der Waals surface area contributed by atoms with E-state index in [0.29, 0.717) is 19.0 Å². The highest BCUT2D eigenvalue weighted by atomic mass is 16.6. The van der Waals surface area contributed by atoms with Crippen LogP contribution in [-0.2, 0) is 0 Å². The summed E-state index contributed by atoms with van der Waals surface area (Å²) in [6.45, 7) is 3.41. The first-order valence-corrected chi connectivity index (χ1v) is 6.80. The Morgan fingerprint density at radius 2 is 2.10 bits per heavy atom. The molecule has 1 aliphatic heterocycles. The molecule has 0 radical (unpaired) electrons. The summed E-state index contributed by atoms with van der Waals surface area (Å²) >= 11 is 0. The molecule has 20 heavy (non-hydrogen) atoms. The number of aromatic hydroxyl groups is 1. The van der Waals surface area contributed by atoms with E-state index in [1.54, 1.807) is 4.90 Å². The molecule has 0 spiro atoms. The third-order valence-corrected chi connectivity index (χ3v) is 3.92. The lowest BCUT2D eigenvalue weighted by Crippen LogP contribution is -2.38. The van der Waals surface area contributed by atoms with Crippen molar-refractivity contribution in [1.82, 2.24) is 4.90 Å². The molecule has 2 rings (SSSR count). The van der Waals surface area contributed by atoms with E-state index in [4.69, 9.17) is 0 Å². The Kier molecular flexibility index (Phi) is 4.22. The number of amides is 1. The summed E-state index contributed by atoms with van der Waals surface area (Å²) in [5.74, 6) is -0.237. The maximum absolute atomic E-state index is 12.3. The normalized spacial score (nSPS) is 16.1. The summed E-state index contributed by atoms with van der Waals surface area (Å²) in [7, 11) is 0. The molecule has 0 aliphatic carbocycles. The van der Waals surface area contributed by atoms with Crippen molar-refractivity contribution in [2.75, 3.05) is 13.1 Å². The van der Waals surface area contributed by atoms with Gasteiger partial charge in [-0.2, -0.15) is 0 Å². The molecule has 1 saturated heterocycles. The van der Waals surface area contributed by atoms with Crippen LogP contribution in [-0.4, -0.2) is 33.9 Å². The van der Waals surface area contributed by atoms with Gasteiger partial charge in [-0.25, -0.2) is 0 Å². The van der Waals surface area contributed by atoms with Gasteiger partial charge in [-0.05, 0) is 24.8 Å². The number of carbonyl (C=O) groups is 1. The fraction of sp³-hybridized carbons (Fsp3) is 0.500. The topological polar surface area (TPSA) is 83.7 Å². The van der Waals surface area contributed by atoms with E-state index in [2.05, 4.69) is 6.92 Å². The number of carbonyl (C=O) groups excluding carboxylic acids is 1. The first-order chi connectivity index (χ1) is 9.54. The average molecular weight is 278 g/mol. The smallest absolute Gasteiger partial charge is 0.311 e. The number of benzene rings is 1. The number of hydrogen-bond acceptors (Lipinski definition) is 4. The van der Waals surface area contributed by atoms with E-state index in [-0.39, 0.29) is 11.5 Å². The molecule has 1 aliphatic rings. The van der Waals surface area contributed by atoms with Crippen molar-refractivity contribution in [3.05, 3.63) is 33.9 Å². The predicted molar refractivity (Wildman–Crippen MR) is 73.7 cm³/mol. The molecule has 0 bridgehead atoms. The Balaban J connectivity index is 2.18. The van der Waals surface area contributed by atoms with E-state index in [1.807, 2.05) is 0 Å². The van der Waals surface area contributed by atoms with E-state index >= 15 is 0 Å². The number of hydrogen-bond donors (Lipinski definition) is 1. The van der Waals surface area contributed by atoms with Gasteiger partial charge in [0.2, 0.25) is 5.75 Å². The first-order valence-electron chi connectivity index (χ1n) is 6.80. The number of piperidine rings is 1. The van der Waals surface area contributed by atoms with Crippen LogP contribution in [0.1, 0.15) is 36.5 Å². The van der Waals surface area contributed by atoms with Crippen molar-refractivity contribution >= 4 is 11.6 Å². The molecule has 1 heterocycles. The fourth-order valence-electron chi connectivity index (χ4n) is 2.57. The molecule has 1 amide bonds. The lowest BCUT2D eigenvalue weighted by Gasteiger charge is -2.31. The number of rotatable bonds is 3. The second-order valence-corrected chi connectivity index (χ2v) is 5.07. The van der Waals surface area contributed by atoms with Gasteiger partial charge in [0, 0.05) is 19.2 Å². The maximum atomic E-state index is 12.3. The number of phenolic OH excluding ortho intramolecular Hbond substituents is 1. The third kappa shape index (κ3) is 2.74. The zero-order valence-electron chi connectivity index (χ0n) is 11.4. The van der Waals surface area contributed by atoms with Crippen LogP contribution in [0.25, 0.3) is 0 Å². The summed E-state index contributed by atoms with van der Waals surface area (Å²) in [6, 6.07) is 4.04. The Labute approximate surface area is 117 Å². The largest absolute Gasteiger partial charge is 0.502 e. The number of likely N-dealkylation sites (tertiary alicyclic amines) is 1. The first kappa shape index (κ1) is 14.3. The molecule has 108 valence electrons. The number of nitro benzene ring substituents is 1. The Morgan fingerprint density at radius 3 is 2.65 bits per heavy atom. The van der Waals surface area contributed by atoms with Gasteiger partial charge in [-0.3, -0.25) is 14.9 Å². The molecule has 0 unspecified atom stereocenters. The lowest BCUT2D eigenvalue weighted by molar-refractivity contribution is -0.385. The zero-order valence-corrected chi connectivity index (χ0v) is 11.4. The van der Waals surface area contributed by atoms with Gasteiger partial charge in [-0.1, -0.05) is 19.4 Å². The second-order valence-electron chi connectivity index (χ2n) is 5.07. The number of phenols is 1. The van der Waals surface area contributed by atoms with Crippen LogP contribution in [0.15, 0.2) is 18.2 Å². The highest BCUT2D eigenvalue weighted by Gasteiger charge is 2.27. The number of para-hydroxylation sites is 1. The summed E-state index contributed by atoms with van der Waals surface area (Å²) < 4.78 is 0. The summed E-state index contributed by atoms with van der Waals surface area (Å²) in [5, 5.41) is 20.6. The molecule has 0 saturated carbocycles. The predicted octanol–water partition coefficient (Wildman–Crippen LogP) is 2.56. The lowest BCUT2D eigenvalue weighted by atomic mass is 9.94. The van der Waals surface area contributed by atoms with Gasteiger partial charge in [0.15, 0.2) is 0 Å². The summed E-state index contributed by atoms with van der Waals surface area (Å²) in [4.78, 5) is 24.1. The minimum absolute atomic E-state index is 0.00847. The van der Waals surface area contributed by atoms with Crippen LogP contribution in [0, 0.1) is 16.0 Å². The van der Waals surface area contributed by atoms with Crippen LogP contribution in [0.4, 0.5) is 5.69 Å². The SMILES string of the molecule is CCC1CCN(C(=O)c2cccc([N+](=O)[O-])c2O)CC1. The second kappa shape index (κ2) is 5.90. The number of nitro groups is 1. The number of nitrogens with zero attached hydrogens (tertiary/aromatic N) is 2. The van der Waals surface area contributed by atoms with Crippen molar-refractivity contribution in [2.45, 2.75) is 26.2 Å². The van der Waals surface area contributed by atoms with Crippen LogP contribution < -0.4 is 0 Å². The summed E-state index contributed by atoms with van der Waals surface area (Å²) in [6.07, 6.45) is 2.99. The average Bonchev–Trinajstić information content (AvgIpc) is 2.46.